The second kappa shape index (κ2) is 9.89. The summed E-state index contributed by atoms with van der Waals surface area (Å²) in [7, 11) is 0. The third-order valence-corrected chi connectivity index (χ3v) is 9.94. The molecule has 228 valence electrons. The van der Waals surface area contributed by atoms with E-state index in [0.717, 1.165) is 82.6 Å². The summed E-state index contributed by atoms with van der Waals surface area (Å²) in [5, 5.41) is 7.83. The van der Waals surface area contributed by atoms with Gasteiger partial charge in [-0.2, -0.15) is 0 Å². The van der Waals surface area contributed by atoms with Crippen molar-refractivity contribution in [1.82, 2.24) is 19.1 Å². The summed E-state index contributed by atoms with van der Waals surface area (Å²) in [6, 6.07) is 55.2. The Hall–Kier alpha value is -6.72. The average molecular weight is 627 g/mol. The molecule has 0 bridgehead atoms. The molecule has 0 N–H and O–H groups in total. The van der Waals surface area contributed by atoms with Crippen molar-refractivity contribution in [3.63, 3.8) is 0 Å². The van der Waals surface area contributed by atoms with Crippen LogP contribution in [0.15, 0.2) is 162 Å². The molecule has 5 nitrogen and oxygen atoms in total. The summed E-state index contributed by atoms with van der Waals surface area (Å²) < 4.78 is 11.2. The Labute approximate surface area is 279 Å². The molecule has 0 atom stereocenters. The van der Waals surface area contributed by atoms with Gasteiger partial charge in [0.05, 0.1) is 33.3 Å². The lowest BCUT2D eigenvalue weighted by Crippen LogP contribution is -2.04. The molecular formula is C44H26N4O. The van der Waals surface area contributed by atoms with Crippen molar-refractivity contribution in [3.05, 3.63) is 158 Å². The number of furan rings is 1. The van der Waals surface area contributed by atoms with Crippen LogP contribution in [0.4, 0.5) is 0 Å². The van der Waals surface area contributed by atoms with Gasteiger partial charge in [-0.15, -0.1) is 0 Å². The van der Waals surface area contributed by atoms with Crippen molar-refractivity contribution in [1.29, 1.82) is 0 Å². The molecule has 5 heteroatoms. The number of aromatic nitrogens is 4. The van der Waals surface area contributed by atoms with E-state index in [1.807, 2.05) is 18.2 Å². The second-order valence-electron chi connectivity index (χ2n) is 12.6. The van der Waals surface area contributed by atoms with E-state index in [9.17, 15) is 0 Å². The Balaban J connectivity index is 1.30. The van der Waals surface area contributed by atoms with Crippen LogP contribution in [-0.4, -0.2) is 19.1 Å². The van der Waals surface area contributed by atoms with Crippen molar-refractivity contribution in [3.8, 4) is 22.9 Å². The van der Waals surface area contributed by atoms with E-state index in [-0.39, 0.29) is 0 Å². The van der Waals surface area contributed by atoms with Crippen molar-refractivity contribution in [2.75, 3.05) is 0 Å². The number of nitrogens with zero attached hydrogens (tertiary/aromatic N) is 4. The highest BCUT2D eigenvalue weighted by atomic mass is 16.3. The molecule has 0 aliphatic carbocycles. The van der Waals surface area contributed by atoms with E-state index in [1.165, 1.54) is 10.8 Å². The van der Waals surface area contributed by atoms with Gasteiger partial charge >= 0.3 is 0 Å². The lowest BCUT2D eigenvalue weighted by molar-refractivity contribution is 0.670. The standard InChI is InChI=1S/C44H26N4O/c1-2-13-27(14-3-1)47-37-23-10-6-18-33(37)40-38(47)26-25-30-28-15-5-9-22-36(28)48(42(30)40)44-45-35-21-8-4-17-32(35)41(46-44)34-20-12-19-31-29-16-7-11-24-39(29)49-43(31)34/h1-26H. The Morgan fingerprint density at radius 1 is 0.429 bits per heavy atom. The van der Waals surface area contributed by atoms with Crippen molar-refractivity contribution in [2.45, 2.75) is 0 Å². The first-order chi connectivity index (χ1) is 24.3. The highest BCUT2D eigenvalue weighted by Crippen LogP contribution is 2.43. The number of hydrogen-bond donors (Lipinski definition) is 0. The first kappa shape index (κ1) is 26.4. The molecule has 7 aromatic carbocycles. The van der Waals surface area contributed by atoms with E-state index in [1.54, 1.807) is 0 Å². The Morgan fingerprint density at radius 3 is 1.96 bits per heavy atom. The maximum atomic E-state index is 6.54. The van der Waals surface area contributed by atoms with Crippen LogP contribution < -0.4 is 0 Å². The van der Waals surface area contributed by atoms with Crippen LogP contribution >= 0.6 is 0 Å². The van der Waals surface area contributed by atoms with Crippen LogP contribution in [0.3, 0.4) is 0 Å². The monoisotopic (exact) mass is 626 g/mol. The van der Waals surface area contributed by atoms with Crippen LogP contribution in [0.5, 0.6) is 0 Å². The predicted molar refractivity (Wildman–Crippen MR) is 201 cm³/mol. The first-order valence-corrected chi connectivity index (χ1v) is 16.5. The minimum absolute atomic E-state index is 0.622. The van der Waals surface area contributed by atoms with E-state index >= 15 is 0 Å². The van der Waals surface area contributed by atoms with Crippen molar-refractivity contribution < 1.29 is 4.42 Å². The van der Waals surface area contributed by atoms with Crippen LogP contribution in [-0.2, 0) is 0 Å². The fourth-order valence-electron chi connectivity index (χ4n) is 7.87. The largest absolute Gasteiger partial charge is 0.455 e. The number of hydrogen-bond acceptors (Lipinski definition) is 3. The summed E-state index contributed by atoms with van der Waals surface area (Å²) in [6.07, 6.45) is 0. The smallest absolute Gasteiger partial charge is 0.235 e. The van der Waals surface area contributed by atoms with E-state index in [2.05, 4.69) is 149 Å². The van der Waals surface area contributed by atoms with Gasteiger partial charge in [0, 0.05) is 49.0 Å². The summed E-state index contributed by atoms with van der Waals surface area (Å²) in [5.74, 6) is 0.622. The molecule has 4 aromatic heterocycles. The fourth-order valence-corrected chi connectivity index (χ4v) is 7.87. The summed E-state index contributed by atoms with van der Waals surface area (Å²) in [6.45, 7) is 0. The molecule has 49 heavy (non-hydrogen) atoms. The Bertz CT molecular complexity index is 3110. The minimum atomic E-state index is 0.622. The average Bonchev–Trinajstić information content (AvgIpc) is 3.82. The summed E-state index contributed by atoms with van der Waals surface area (Å²) >= 11 is 0. The van der Waals surface area contributed by atoms with Crippen molar-refractivity contribution >= 4 is 76.5 Å². The number of rotatable bonds is 3. The summed E-state index contributed by atoms with van der Waals surface area (Å²) in [5.41, 5.74) is 9.92. The first-order valence-electron chi connectivity index (χ1n) is 16.5. The van der Waals surface area contributed by atoms with Gasteiger partial charge in [-0.25, -0.2) is 9.97 Å². The molecule has 0 fully saturated rings. The number of benzene rings is 7. The van der Waals surface area contributed by atoms with E-state index < -0.39 is 0 Å². The fraction of sp³-hybridized carbons (Fsp3) is 0. The maximum Gasteiger partial charge on any atom is 0.235 e. The predicted octanol–water partition coefficient (Wildman–Crippen LogP) is 11.4. The number of fused-ring (bicyclic) bond motifs is 11. The SMILES string of the molecule is c1ccc(-n2c3ccccc3c3c2ccc2c4ccccc4n(-c4nc(-c5cccc6c5oc5ccccc56)c5ccccc5n4)c23)cc1. The van der Waals surface area contributed by atoms with Gasteiger partial charge in [0.2, 0.25) is 5.95 Å². The second-order valence-corrected chi connectivity index (χ2v) is 12.6. The van der Waals surface area contributed by atoms with Crippen LogP contribution in [0.1, 0.15) is 0 Å². The van der Waals surface area contributed by atoms with Crippen LogP contribution in [0.25, 0.3) is 99.3 Å². The summed E-state index contributed by atoms with van der Waals surface area (Å²) in [4.78, 5) is 10.8. The third kappa shape index (κ3) is 3.64. The Morgan fingerprint density at radius 2 is 1.10 bits per heavy atom. The molecule has 4 heterocycles. The molecule has 0 amide bonds. The highest BCUT2D eigenvalue weighted by Gasteiger charge is 2.23. The lowest BCUT2D eigenvalue weighted by Gasteiger charge is -2.12. The minimum Gasteiger partial charge on any atom is -0.455 e. The third-order valence-electron chi connectivity index (χ3n) is 9.94. The quantitative estimate of drug-likeness (QED) is 0.196. The molecule has 0 unspecified atom stereocenters. The molecule has 11 rings (SSSR count). The van der Waals surface area contributed by atoms with Crippen molar-refractivity contribution in [2.24, 2.45) is 0 Å². The van der Waals surface area contributed by atoms with Gasteiger partial charge in [-0.05, 0) is 48.5 Å². The normalized spacial score (nSPS) is 12.1. The highest BCUT2D eigenvalue weighted by molar-refractivity contribution is 6.26. The topological polar surface area (TPSA) is 48.8 Å². The molecule has 11 aromatic rings. The number of para-hydroxylation sites is 6. The lowest BCUT2D eigenvalue weighted by atomic mass is 10.0. The zero-order chi connectivity index (χ0) is 32.1. The van der Waals surface area contributed by atoms with Gasteiger partial charge in [-0.1, -0.05) is 109 Å². The molecule has 0 spiro atoms. The molecular weight excluding hydrogens is 601 g/mol. The van der Waals surface area contributed by atoms with Gasteiger partial charge < -0.3 is 8.98 Å². The van der Waals surface area contributed by atoms with E-state index in [4.69, 9.17) is 14.4 Å². The molecule has 0 aliphatic rings. The van der Waals surface area contributed by atoms with Gasteiger partial charge in [-0.3, -0.25) is 4.57 Å². The molecule has 0 saturated heterocycles. The van der Waals surface area contributed by atoms with Crippen LogP contribution in [0.2, 0.25) is 0 Å². The zero-order valence-electron chi connectivity index (χ0n) is 26.2. The zero-order valence-corrected chi connectivity index (χ0v) is 26.2. The molecule has 0 aliphatic heterocycles. The molecule has 0 radical (unpaired) electrons. The maximum absolute atomic E-state index is 6.54. The Kier molecular flexibility index (Phi) is 5.32. The van der Waals surface area contributed by atoms with E-state index in [0.29, 0.717) is 5.95 Å². The van der Waals surface area contributed by atoms with Crippen LogP contribution in [0, 0.1) is 0 Å². The molecule has 0 saturated carbocycles. The van der Waals surface area contributed by atoms with Gasteiger partial charge in [0.15, 0.2) is 0 Å². The van der Waals surface area contributed by atoms with Gasteiger partial charge in [0.1, 0.15) is 11.2 Å². The van der Waals surface area contributed by atoms with Gasteiger partial charge in [0.25, 0.3) is 0 Å².